The van der Waals surface area contributed by atoms with Gasteiger partial charge in [-0.1, -0.05) is 0 Å². The van der Waals surface area contributed by atoms with Gasteiger partial charge in [0.15, 0.2) is 23.4 Å². The van der Waals surface area contributed by atoms with Gasteiger partial charge < -0.3 is 16.0 Å². The second-order valence-corrected chi connectivity index (χ2v) is 6.95. The summed E-state index contributed by atoms with van der Waals surface area (Å²) in [6, 6.07) is 7.90. The van der Waals surface area contributed by atoms with Gasteiger partial charge in [-0.25, -0.2) is 17.6 Å². The number of carbonyl (C=O) groups is 1. The van der Waals surface area contributed by atoms with Crippen molar-refractivity contribution in [2.75, 3.05) is 31.2 Å². The second-order valence-electron chi connectivity index (χ2n) is 5.78. The first-order chi connectivity index (χ1) is 13.9. The third-order valence-electron chi connectivity index (χ3n) is 3.65. The van der Waals surface area contributed by atoms with Gasteiger partial charge in [0.2, 0.25) is 5.91 Å². The fraction of sp³-hybridized carbons (Fsp3) is 0.263. The SMILES string of the molecule is CN=C(NCCCSc1ccc(F)cc1)NCC(=O)Nc1ccc(F)c(F)c1F. The summed E-state index contributed by atoms with van der Waals surface area (Å²) in [6.45, 7) is 0.329. The van der Waals surface area contributed by atoms with Crippen molar-refractivity contribution in [1.29, 1.82) is 0 Å². The summed E-state index contributed by atoms with van der Waals surface area (Å²) in [5, 5.41) is 7.91. The van der Waals surface area contributed by atoms with E-state index < -0.39 is 29.0 Å². The number of nitrogens with zero attached hydrogens (tertiary/aromatic N) is 1. The monoisotopic (exact) mass is 428 g/mol. The first-order valence-corrected chi connectivity index (χ1v) is 9.65. The van der Waals surface area contributed by atoms with Crippen molar-refractivity contribution in [2.45, 2.75) is 11.3 Å². The zero-order valence-electron chi connectivity index (χ0n) is 15.6. The molecule has 5 nitrogen and oxygen atoms in total. The van der Waals surface area contributed by atoms with Crippen LogP contribution in [0.5, 0.6) is 0 Å². The molecule has 2 rings (SSSR count). The van der Waals surface area contributed by atoms with Gasteiger partial charge in [0.05, 0.1) is 12.2 Å². The standard InChI is InChI=1S/C19H20F4N4OS/c1-24-19(25-9-2-10-29-13-5-3-12(20)4-6-13)26-11-16(28)27-15-8-7-14(21)17(22)18(15)23/h3-8H,2,9-11H2,1H3,(H,27,28)(H2,24,25,26). The minimum atomic E-state index is -1.65. The van der Waals surface area contributed by atoms with Gasteiger partial charge in [-0.05, 0) is 48.6 Å². The number of hydrogen-bond acceptors (Lipinski definition) is 3. The summed E-state index contributed by atoms with van der Waals surface area (Å²) < 4.78 is 52.5. The maximum atomic E-state index is 13.6. The number of thioether (sulfide) groups is 1. The van der Waals surface area contributed by atoms with E-state index in [-0.39, 0.29) is 12.4 Å². The van der Waals surface area contributed by atoms with Crippen LogP contribution in [0.1, 0.15) is 6.42 Å². The van der Waals surface area contributed by atoms with E-state index in [0.717, 1.165) is 29.2 Å². The Bertz CT molecular complexity index is 862. The van der Waals surface area contributed by atoms with Crippen LogP contribution in [0.4, 0.5) is 23.2 Å². The van der Waals surface area contributed by atoms with Crippen molar-refractivity contribution in [3.8, 4) is 0 Å². The number of halogens is 4. The third kappa shape index (κ3) is 7.30. The quantitative estimate of drug-likeness (QED) is 0.150. The highest BCUT2D eigenvalue weighted by molar-refractivity contribution is 7.99. The van der Waals surface area contributed by atoms with Crippen molar-refractivity contribution in [3.63, 3.8) is 0 Å². The first-order valence-electron chi connectivity index (χ1n) is 8.67. The van der Waals surface area contributed by atoms with Crippen LogP contribution >= 0.6 is 11.8 Å². The lowest BCUT2D eigenvalue weighted by Gasteiger charge is -2.12. The summed E-state index contributed by atoms with van der Waals surface area (Å²) >= 11 is 1.59. The molecule has 2 aromatic rings. The molecule has 0 aliphatic heterocycles. The van der Waals surface area contributed by atoms with E-state index >= 15 is 0 Å². The molecule has 2 aromatic carbocycles. The molecule has 0 aliphatic carbocycles. The highest BCUT2D eigenvalue weighted by Crippen LogP contribution is 2.19. The maximum Gasteiger partial charge on any atom is 0.243 e. The van der Waals surface area contributed by atoms with E-state index in [1.807, 2.05) is 0 Å². The Kier molecular flexibility index (Phi) is 8.78. The molecule has 3 N–H and O–H groups in total. The van der Waals surface area contributed by atoms with Crippen LogP contribution in [-0.4, -0.2) is 37.8 Å². The zero-order valence-corrected chi connectivity index (χ0v) is 16.4. The Hall–Kier alpha value is -2.75. The Labute approximate surface area is 170 Å². The molecule has 0 saturated heterocycles. The van der Waals surface area contributed by atoms with E-state index in [1.165, 1.54) is 19.2 Å². The van der Waals surface area contributed by atoms with Crippen LogP contribution < -0.4 is 16.0 Å². The smallest absolute Gasteiger partial charge is 0.243 e. The fourth-order valence-electron chi connectivity index (χ4n) is 2.20. The lowest BCUT2D eigenvalue weighted by Crippen LogP contribution is -2.41. The normalized spacial score (nSPS) is 11.3. The number of guanidine groups is 1. The van der Waals surface area contributed by atoms with Gasteiger partial charge in [-0.2, -0.15) is 0 Å². The Morgan fingerprint density at radius 3 is 2.41 bits per heavy atom. The molecule has 0 bridgehead atoms. The van der Waals surface area contributed by atoms with E-state index in [4.69, 9.17) is 0 Å². The van der Waals surface area contributed by atoms with Crippen LogP contribution in [-0.2, 0) is 4.79 Å². The molecule has 0 heterocycles. The van der Waals surface area contributed by atoms with Crippen molar-refractivity contribution in [1.82, 2.24) is 10.6 Å². The van der Waals surface area contributed by atoms with E-state index in [0.29, 0.717) is 12.5 Å². The van der Waals surface area contributed by atoms with Crippen molar-refractivity contribution in [2.24, 2.45) is 4.99 Å². The maximum absolute atomic E-state index is 13.6. The van der Waals surface area contributed by atoms with Gasteiger partial charge in [-0.15, -0.1) is 11.8 Å². The predicted molar refractivity (Wildman–Crippen MR) is 106 cm³/mol. The summed E-state index contributed by atoms with van der Waals surface area (Å²) in [4.78, 5) is 16.8. The molecular weight excluding hydrogens is 408 g/mol. The van der Waals surface area contributed by atoms with Crippen LogP contribution in [0.15, 0.2) is 46.3 Å². The summed E-state index contributed by atoms with van der Waals surface area (Å²) in [5.74, 6) is -4.21. The van der Waals surface area contributed by atoms with Gasteiger partial charge in [0, 0.05) is 18.5 Å². The second kappa shape index (κ2) is 11.3. The molecule has 1 amide bonds. The molecule has 0 radical (unpaired) electrons. The van der Waals surface area contributed by atoms with Crippen molar-refractivity contribution in [3.05, 3.63) is 59.7 Å². The highest BCUT2D eigenvalue weighted by Gasteiger charge is 2.15. The molecule has 0 aromatic heterocycles. The van der Waals surface area contributed by atoms with E-state index in [1.54, 1.807) is 23.9 Å². The molecule has 156 valence electrons. The molecule has 0 spiro atoms. The number of carbonyl (C=O) groups excluding carboxylic acids is 1. The van der Waals surface area contributed by atoms with E-state index in [2.05, 4.69) is 20.9 Å². The number of aliphatic imine (C=N–C) groups is 1. The summed E-state index contributed by atoms with van der Waals surface area (Å²) in [7, 11) is 1.52. The minimum absolute atomic E-state index is 0.248. The van der Waals surface area contributed by atoms with Gasteiger partial charge in [-0.3, -0.25) is 9.79 Å². The number of nitrogens with one attached hydrogen (secondary N) is 3. The van der Waals surface area contributed by atoms with Crippen LogP contribution in [0.25, 0.3) is 0 Å². The number of amides is 1. The molecule has 0 atom stereocenters. The van der Waals surface area contributed by atoms with Gasteiger partial charge >= 0.3 is 0 Å². The number of benzene rings is 2. The highest BCUT2D eigenvalue weighted by atomic mass is 32.2. The number of anilines is 1. The zero-order chi connectivity index (χ0) is 21.2. The Balaban J connectivity index is 1.68. The lowest BCUT2D eigenvalue weighted by atomic mass is 10.2. The molecule has 0 fully saturated rings. The molecule has 0 unspecified atom stereocenters. The topological polar surface area (TPSA) is 65.5 Å². The summed E-state index contributed by atoms with van der Waals surface area (Å²) in [6.07, 6.45) is 0.787. The van der Waals surface area contributed by atoms with Crippen molar-refractivity contribution < 1.29 is 22.4 Å². The fourth-order valence-corrected chi connectivity index (χ4v) is 3.05. The van der Waals surface area contributed by atoms with Gasteiger partial charge in [0.1, 0.15) is 5.82 Å². The molecular formula is C19H20F4N4OS. The van der Waals surface area contributed by atoms with E-state index in [9.17, 15) is 22.4 Å². The molecule has 0 aliphatic rings. The van der Waals surface area contributed by atoms with Crippen LogP contribution in [0.2, 0.25) is 0 Å². The molecule has 0 saturated carbocycles. The molecule has 10 heteroatoms. The number of rotatable bonds is 8. The summed E-state index contributed by atoms with van der Waals surface area (Å²) in [5.41, 5.74) is -0.448. The first kappa shape index (κ1) is 22.5. The van der Waals surface area contributed by atoms with Crippen LogP contribution in [0, 0.1) is 23.3 Å². The minimum Gasteiger partial charge on any atom is -0.356 e. The largest absolute Gasteiger partial charge is 0.356 e. The average molecular weight is 428 g/mol. The Morgan fingerprint density at radius 1 is 1.00 bits per heavy atom. The predicted octanol–water partition coefficient (Wildman–Crippen LogP) is 3.53. The van der Waals surface area contributed by atoms with Crippen molar-refractivity contribution >= 4 is 29.3 Å². The molecule has 29 heavy (non-hydrogen) atoms. The Morgan fingerprint density at radius 2 is 1.72 bits per heavy atom. The van der Waals surface area contributed by atoms with Crippen LogP contribution in [0.3, 0.4) is 0 Å². The van der Waals surface area contributed by atoms with Gasteiger partial charge in [0.25, 0.3) is 0 Å². The lowest BCUT2D eigenvalue weighted by molar-refractivity contribution is -0.115. The number of hydrogen-bond donors (Lipinski definition) is 3. The third-order valence-corrected chi connectivity index (χ3v) is 4.74. The average Bonchev–Trinajstić information content (AvgIpc) is 2.72.